The van der Waals surface area contributed by atoms with Crippen LogP contribution in [0, 0.1) is 11.6 Å². The third-order valence-electron chi connectivity index (χ3n) is 3.41. The van der Waals surface area contributed by atoms with E-state index in [-0.39, 0.29) is 10.9 Å². The van der Waals surface area contributed by atoms with E-state index in [1.165, 1.54) is 0 Å². The van der Waals surface area contributed by atoms with E-state index in [1.807, 2.05) is 0 Å². The van der Waals surface area contributed by atoms with Crippen molar-refractivity contribution in [2.24, 2.45) is 0 Å². The minimum absolute atomic E-state index is 0.188. The average molecular weight is 348 g/mol. The number of halogens is 3. The normalized spacial score (nSPS) is 16.4. The summed E-state index contributed by atoms with van der Waals surface area (Å²) in [6.45, 7) is 0. The molecule has 0 unspecified atom stereocenters. The Morgan fingerprint density at radius 1 is 1.30 bits per heavy atom. The second kappa shape index (κ2) is 5.47. The highest BCUT2D eigenvalue weighted by molar-refractivity contribution is 9.10. The highest BCUT2D eigenvalue weighted by Crippen LogP contribution is 2.35. The summed E-state index contributed by atoms with van der Waals surface area (Å²) in [5.74, 6) is -3.95. The standard InChI is InChI=1S/C13H12BrF2NO3/c14-7-4-8(15)11(9(16)5-7)12(20)17-13(2-1-3-13)6-10(18)19/h4-5H,1-3,6H2,(H,17,20)(H,18,19). The summed E-state index contributed by atoms with van der Waals surface area (Å²) in [7, 11) is 0. The summed E-state index contributed by atoms with van der Waals surface area (Å²) in [6.07, 6.45) is 1.51. The molecule has 1 aromatic rings. The van der Waals surface area contributed by atoms with Gasteiger partial charge in [0, 0.05) is 4.47 Å². The van der Waals surface area contributed by atoms with Crippen LogP contribution in [0.2, 0.25) is 0 Å². The van der Waals surface area contributed by atoms with Gasteiger partial charge < -0.3 is 10.4 Å². The van der Waals surface area contributed by atoms with Crippen LogP contribution >= 0.6 is 15.9 Å². The topological polar surface area (TPSA) is 66.4 Å². The van der Waals surface area contributed by atoms with Gasteiger partial charge in [0.2, 0.25) is 0 Å². The molecule has 1 saturated carbocycles. The lowest BCUT2D eigenvalue weighted by Crippen LogP contribution is -2.55. The fourth-order valence-electron chi connectivity index (χ4n) is 2.30. The van der Waals surface area contributed by atoms with Gasteiger partial charge in [-0.25, -0.2) is 8.78 Å². The molecule has 0 saturated heterocycles. The van der Waals surface area contributed by atoms with Gasteiger partial charge in [0.25, 0.3) is 5.91 Å². The van der Waals surface area contributed by atoms with Crippen molar-refractivity contribution in [1.82, 2.24) is 5.32 Å². The molecule has 0 atom stereocenters. The fourth-order valence-corrected chi connectivity index (χ4v) is 2.70. The van der Waals surface area contributed by atoms with Gasteiger partial charge in [-0.05, 0) is 31.4 Å². The molecule has 1 aromatic carbocycles. The molecule has 0 heterocycles. The molecular formula is C13H12BrF2NO3. The third-order valence-corrected chi connectivity index (χ3v) is 3.87. The summed E-state index contributed by atoms with van der Waals surface area (Å²) in [4.78, 5) is 22.8. The zero-order valence-electron chi connectivity index (χ0n) is 10.4. The van der Waals surface area contributed by atoms with Crippen molar-refractivity contribution < 1.29 is 23.5 Å². The maximum Gasteiger partial charge on any atom is 0.305 e. The van der Waals surface area contributed by atoms with Gasteiger partial charge >= 0.3 is 5.97 Å². The molecule has 1 aliphatic rings. The van der Waals surface area contributed by atoms with Gasteiger partial charge in [-0.1, -0.05) is 15.9 Å². The van der Waals surface area contributed by atoms with Gasteiger partial charge in [0.05, 0.1) is 12.0 Å². The SMILES string of the molecule is O=C(O)CC1(NC(=O)c2c(F)cc(Br)cc2F)CCC1. The Bertz CT molecular complexity index is 550. The van der Waals surface area contributed by atoms with Crippen molar-refractivity contribution in [2.75, 3.05) is 0 Å². The summed E-state index contributed by atoms with van der Waals surface area (Å²) >= 11 is 2.93. The Morgan fingerprint density at radius 3 is 2.25 bits per heavy atom. The summed E-state index contributed by atoms with van der Waals surface area (Å²) in [5.41, 5.74) is -1.58. The van der Waals surface area contributed by atoms with E-state index in [1.54, 1.807) is 0 Å². The van der Waals surface area contributed by atoms with Crippen LogP contribution in [0.5, 0.6) is 0 Å². The Kier molecular flexibility index (Phi) is 4.08. The number of benzene rings is 1. The minimum Gasteiger partial charge on any atom is -0.481 e. The van der Waals surface area contributed by atoms with E-state index in [0.29, 0.717) is 12.8 Å². The molecule has 0 radical (unpaired) electrons. The number of aliphatic carboxylic acids is 1. The number of carbonyl (C=O) groups excluding carboxylic acids is 1. The first-order valence-electron chi connectivity index (χ1n) is 6.02. The van der Waals surface area contributed by atoms with Crippen molar-refractivity contribution in [1.29, 1.82) is 0 Å². The van der Waals surface area contributed by atoms with E-state index in [4.69, 9.17) is 5.11 Å². The lowest BCUT2D eigenvalue weighted by Gasteiger charge is -2.41. The molecule has 20 heavy (non-hydrogen) atoms. The third kappa shape index (κ3) is 2.98. The van der Waals surface area contributed by atoms with Crippen molar-refractivity contribution in [2.45, 2.75) is 31.2 Å². The second-order valence-corrected chi connectivity index (χ2v) is 5.82. The van der Waals surface area contributed by atoms with E-state index >= 15 is 0 Å². The first-order chi connectivity index (χ1) is 9.33. The second-order valence-electron chi connectivity index (χ2n) is 4.90. The van der Waals surface area contributed by atoms with Gasteiger partial charge in [0.15, 0.2) is 0 Å². The van der Waals surface area contributed by atoms with Crippen LogP contribution in [-0.2, 0) is 4.79 Å². The number of carbonyl (C=O) groups is 2. The zero-order chi connectivity index (χ0) is 14.9. The molecule has 1 fully saturated rings. The van der Waals surface area contributed by atoms with E-state index in [0.717, 1.165) is 18.6 Å². The van der Waals surface area contributed by atoms with E-state index in [9.17, 15) is 18.4 Å². The lowest BCUT2D eigenvalue weighted by atomic mass is 9.74. The molecule has 0 bridgehead atoms. The predicted molar refractivity (Wildman–Crippen MR) is 70.4 cm³/mol. The Labute approximate surface area is 122 Å². The monoisotopic (exact) mass is 347 g/mol. The molecule has 2 rings (SSSR count). The fraction of sp³-hybridized carbons (Fsp3) is 0.385. The molecule has 0 aliphatic heterocycles. The first kappa shape index (κ1) is 14.9. The Balaban J connectivity index is 2.22. The van der Waals surface area contributed by atoms with Crippen molar-refractivity contribution in [3.05, 3.63) is 33.8 Å². The van der Waals surface area contributed by atoms with Crippen molar-refractivity contribution in [3.8, 4) is 0 Å². The zero-order valence-corrected chi connectivity index (χ0v) is 12.0. The predicted octanol–water partition coefficient (Wildman–Crippen LogP) is 2.85. The molecular weight excluding hydrogens is 336 g/mol. The molecule has 2 N–H and O–H groups in total. The average Bonchev–Trinajstić information content (AvgIpc) is 2.23. The smallest absolute Gasteiger partial charge is 0.305 e. The van der Waals surface area contributed by atoms with Crippen molar-refractivity contribution in [3.63, 3.8) is 0 Å². The van der Waals surface area contributed by atoms with Crippen LogP contribution in [0.15, 0.2) is 16.6 Å². The number of rotatable bonds is 4. The maximum absolute atomic E-state index is 13.7. The molecule has 108 valence electrons. The van der Waals surface area contributed by atoms with Gasteiger partial charge in [-0.2, -0.15) is 0 Å². The molecule has 1 aliphatic carbocycles. The number of hydrogen-bond acceptors (Lipinski definition) is 2. The minimum atomic E-state index is -1.05. The lowest BCUT2D eigenvalue weighted by molar-refractivity contribution is -0.139. The van der Waals surface area contributed by atoms with Gasteiger partial charge in [-0.3, -0.25) is 9.59 Å². The summed E-state index contributed by atoms with van der Waals surface area (Å²) < 4.78 is 27.5. The van der Waals surface area contributed by atoms with Crippen LogP contribution in [0.25, 0.3) is 0 Å². The van der Waals surface area contributed by atoms with Crippen LogP contribution in [0.3, 0.4) is 0 Å². The van der Waals surface area contributed by atoms with Crippen LogP contribution in [-0.4, -0.2) is 22.5 Å². The summed E-state index contributed by atoms with van der Waals surface area (Å²) in [6, 6.07) is 1.98. The van der Waals surface area contributed by atoms with Crippen LogP contribution in [0.1, 0.15) is 36.0 Å². The Morgan fingerprint density at radius 2 is 1.85 bits per heavy atom. The quantitative estimate of drug-likeness (QED) is 0.879. The maximum atomic E-state index is 13.7. The molecule has 0 spiro atoms. The van der Waals surface area contributed by atoms with Crippen LogP contribution < -0.4 is 5.32 Å². The summed E-state index contributed by atoms with van der Waals surface area (Å²) in [5, 5.41) is 11.3. The highest BCUT2D eigenvalue weighted by Gasteiger charge is 2.41. The molecule has 0 aromatic heterocycles. The van der Waals surface area contributed by atoms with E-state index < -0.39 is 34.6 Å². The highest BCUT2D eigenvalue weighted by atomic mass is 79.9. The molecule has 7 heteroatoms. The van der Waals surface area contributed by atoms with Gasteiger partial charge in [-0.15, -0.1) is 0 Å². The van der Waals surface area contributed by atoms with Crippen LogP contribution in [0.4, 0.5) is 8.78 Å². The van der Waals surface area contributed by atoms with Gasteiger partial charge in [0.1, 0.15) is 17.2 Å². The first-order valence-corrected chi connectivity index (χ1v) is 6.81. The van der Waals surface area contributed by atoms with E-state index in [2.05, 4.69) is 21.2 Å². The molecule has 4 nitrogen and oxygen atoms in total. The number of hydrogen-bond donors (Lipinski definition) is 2. The number of carboxylic acids is 1. The Hall–Kier alpha value is -1.50. The number of nitrogens with one attached hydrogen (secondary N) is 1. The molecule has 1 amide bonds. The number of carboxylic acid groups (broad SMARTS) is 1. The largest absolute Gasteiger partial charge is 0.481 e. The number of amides is 1. The van der Waals surface area contributed by atoms with Crippen molar-refractivity contribution >= 4 is 27.8 Å².